The molecule has 26 heavy (non-hydrogen) atoms. The summed E-state index contributed by atoms with van der Waals surface area (Å²) < 4.78 is 5.30. The Bertz CT molecular complexity index is 806. The van der Waals surface area contributed by atoms with Gasteiger partial charge >= 0.3 is 6.09 Å². The molecule has 2 aromatic carbocycles. The number of hydrogen-bond acceptors (Lipinski definition) is 3. The Hall–Kier alpha value is -2.62. The molecule has 1 unspecified atom stereocenters. The first-order valence-corrected chi connectivity index (χ1v) is 9.02. The van der Waals surface area contributed by atoms with E-state index >= 15 is 0 Å². The van der Waals surface area contributed by atoms with Crippen LogP contribution in [-0.2, 0) is 22.4 Å². The zero-order chi connectivity index (χ0) is 18.7. The molecule has 4 heteroatoms. The standard InChI is InChI=1S/C22H25NO3/c1-22(2,3)26-21(25)23-19-13-12-16-10-7-11-17(18(16)14-20(19)24)15-8-5-4-6-9-15/h4-11,19H,12-14H2,1-3H3,(H,23,25). The summed E-state index contributed by atoms with van der Waals surface area (Å²) in [6.07, 6.45) is 1.12. The van der Waals surface area contributed by atoms with Crippen molar-refractivity contribution in [1.82, 2.24) is 5.32 Å². The molecule has 3 rings (SSSR count). The van der Waals surface area contributed by atoms with Crippen molar-refractivity contribution in [3.63, 3.8) is 0 Å². The molecule has 1 aliphatic carbocycles. The van der Waals surface area contributed by atoms with Crippen LogP contribution in [-0.4, -0.2) is 23.5 Å². The monoisotopic (exact) mass is 351 g/mol. The molecule has 0 heterocycles. The minimum atomic E-state index is -0.582. The largest absolute Gasteiger partial charge is 0.444 e. The smallest absolute Gasteiger partial charge is 0.408 e. The zero-order valence-corrected chi connectivity index (χ0v) is 15.5. The maximum atomic E-state index is 12.8. The van der Waals surface area contributed by atoms with Crippen LogP contribution >= 0.6 is 0 Å². The van der Waals surface area contributed by atoms with Crippen LogP contribution in [0.5, 0.6) is 0 Å². The maximum Gasteiger partial charge on any atom is 0.408 e. The average molecular weight is 351 g/mol. The molecule has 4 nitrogen and oxygen atoms in total. The summed E-state index contributed by atoms with van der Waals surface area (Å²) in [5.74, 6) is 0.0259. The first kappa shape index (κ1) is 18.2. The lowest BCUT2D eigenvalue weighted by molar-refractivity contribution is -0.120. The molecule has 2 aromatic rings. The zero-order valence-electron chi connectivity index (χ0n) is 15.5. The van der Waals surface area contributed by atoms with Gasteiger partial charge in [-0.3, -0.25) is 4.79 Å². The van der Waals surface area contributed by atoms with Crippen LogP contribution in [0.4, 0.5) is 4.79 Å². The fourth-order valence-corrected chi connectivity index (χ4v) is 3.33. The van der Waals surface area contributed by atoms with Crippen LogP contribution in [0.1, 0.15) is 38.3 Å². The number of amides is 1. The van der Waals surface area contributed by atoms with E-state index < -0.39 is 17.7 Å². The van der Waals surface area contributed by atoms with Gasteiger partial charge in [0.05, 0.1) is 6.04 Å². The van der Waals surface area contributed by atoms with Crippen molar-refractivity contribution in [2.24, 2.45) is 0 Å². The van der Waals surface area contributed by atoms with Crippen molar-refractivity contribution < 1.29 is 14.3 Å². The summed E-state index contributed by atoms with van der Waals surface area (Å²) in [5, 5.41) is 2.75. The Labute approximate surface area is 154 Å². The highest BCUT2D eigenvalue weighted by molar-refractivity contribution is 5.91. The number of Topliss-reactive ketones (excluding diaryl/α,β-unsaturated/α-hetero) is 1. The van der Waals surface area contributed by atoms with Gasteiger partial charge in [-0.05, 0) is 55.9 Å². The fourth-order valence-electron chi connectivity index (χ4n) is 3.33. The second kappa shape index (κ2) is 7.32. The predicted octanol–water partition coefficient (Wildman–Crippen LogP) is 4.30. The third kappa shape index (κ3) is 4.31. The van der Waals surface area contributed by atoms with Crippen LogP contribution in [0, 0.1) is 0 Å². The second-order valence-corrected chi connectivity index (χ2v) is 7.69. The molecule has 0 saturated carbocycles. The third-order valence-corrected chi connectivity index (χ3v) is 4.49. The highest BCUT2D eigenvalue weighted by Crippen LogP contribution is 2.30. The minimum absolute atomic E-state index is 0.0259. The van der Waals surface area contributed by atoms with Gasteiger partial charge in [0.25, 0.3) is 0 Å². The van der Waals surface area contributed by atoms with Gasteiger partial charge in [0, 0.05) is 6.42 Å². The SMILES string of the molecule is CC(C)(C)OC(=O)NC1CCc2cccc(-c3ccccc3)c2CC1=O. The van der Waals surface area contributed by atoms with Crippen LogP contribution < -0.4 is 5.32 Å². The number of aryl methyl sites for hydroxylation is 1. The lowest BCUT2D eigenvalue weighted by Gasteiger charge is -2.22. The normalized spacial score (nSPS) is 17.2. The van der Waals surface area contributed by atoms with Gasteiger partial charge in [0.1, 0.15) is 5.60 Å². The summed E-state index contributed by atoms with van der Waals surface area (Å²) in [6, 6.07) is 15.8. The summed E-state index contributed by atoms with van der Waals surface area (Å²) >= 11 is 0. The Morgan fingerprint density at radius 2 is 1.81 bits per heavy atom. The molecule has 0 fully saturated rings. The number of ketones is 1. The molecular formula is C22H25NO3. The van der Waals surface area contributed by atoms with E-state index in [0.29, 0.717) is 12.8 Å². The van der Waals surface area contributed by atoms with Crippen LogP contribution in [0.2, 0.25) is 0 Å². The molecule has 1 atom stereocenters. The number of hydrogen-bond donors (Lipinski definition) is 1. The van der Waals surface area contributed by atoms with E-state index in [4.69, 9.17) is 4.74 Å². The Morgan fingerprint density at radius 3 is 2.50 bits per heavy atom. The van der Waals surface area contributed by atoms with Gasteiger partial charge in [-0.25, -0.2) is 4.79 Å². The van der Waals surface area contributed by atoms with E-state index in [-0.39, 0.29) is 5.78 Å². The van der Waals surface area contributed by atoms with E-state index in [1.54, 1.807) is 0 Å². The second-order valence-electron chi connectivity index (χ2n) is 7.69. The van der Waals surface area contributed by atoms with Crippen molar-refractivity contribution >= 4 is 11.9 Å². The summed E-state index contributed by atoms with van der Waals surface area (Å²) in [5.41, 5.74) is 3.86. The fraction of sp³-hybridized carbons (Fsp3) is 0.364. The summed E-state index contributed by atoms with van der Waals surface area (Å²) in [4.78, 5) is 24.9. The molecule has 136 valence electrons. The molecule has 1 amide bonds. The van der Waals surface area contributed by atoms with Gasteiger partial charge < -0.3 is 10.1 Å². The molecule has 0 saturated heterocycles. The number of ether oxygens (including phenoxy) is 1. The number of rotatable bonds is 2. The number of carbonyl (C=O) groups excluding carboxylic acids is 2. The summed E-state index contributed by atoms with van der Waals surface area (Å²) in [6.45, 7) is 5.43. The molecule has 0 aromatic heterocycles. The predicted molar refractivity (Wildman–Crippen MR) is 102 cm³/mol. The lowest BCUT2D eigenvalue weighted by atomic mass is 9.92. The third-order valence-electron chi connectivity index (χ3n) is 4.49. The topological polar surface area (TPSA) is 55.4 Å². The highest BCUT2D eigenvalue weighted by Gasteiger charge is 2.28. The quantitative estimate of drug-likeness (QED) is 0.821. The van der Waals surface area contributed by atoms with E-state index in [1.807, 2.05) is 45.0 Å². The number of carbonyl (C=O) groups is 2. The van der Waals surface area contributed by atoms with Crippen LogP contribution in [0.15, 0.2) is 48.5 Å². The van der Waals surface area contributed by atoms with Gasteiger partial charge in [-0.1, -0.05) is 48.5 Å². The Balaban J connectivity index is 1.82. The highest BCUT2D eigenvalue weighted by atomic mass is 16.6. The number of nitrogens with one attached hydrogen (secondary N) is 1. The number of alkyl carbamates (subject to hydrolysis) is 1. The van der Waals surface area contributed by atoms with Crippen molar-refractivity contribution in [3.8, 4) is 11.1 Å². The molecule has 0 radical (unpaired) electrons. The first-order valence-electron chi connectivity index (χ1n) is 9.02. The Kier molecular flexibility index (Phi) is 5.12. The molecule has 0 spiro atoms. The van der Waals surface area contributed by atoms with Crippen molar-refractivity contribution in [2.45, 2.75) is 51.7 Å². The maximum absolute atomic E-state index is 12.8. The van der Waals surface area contributed by atoms with Gasteiger partial charge in [-0.15, -0.1) is 0 Å². The van der Waals surface area contributed by atoms with E-state index in [1.165, 1.54) is 5.56 Å². The van der Waals surface area contributed by atoms with E-state index in [9.17, 15) is 9.59 Å². The molecule has 0 aliphatic heterocycles. The summed E-state index contributed by atoms with van der Waals surface area (Å²) in [7, 11) is 0. The van der Waals surface area contributed by atoms with Crippen LogP contribution in [0.25, 0.3) is 11.1 Å². The molecule has 1 aliphatic rings. The van der Waals surface area contributed by atoms with Gasteiger partial charge in [-0.2, -0.15) is 0 Å². The lowest BCUT2D eigenvalue weighted by Crippen LogP contribution is -2.43. The van der Waals surface area contributed by atoms with Crippen molar-refractivity contribution in [1.29, 1.82) is 0 Å². The van der Waals surface area contributed by atoms with Gasteiger partial charge in [0.2, 0.25) is 0 Å². The first-order chi connectivity index (χ1) is 12.3. The number of benzene rings is 2. The average Bonchev–Trinajstić information content (AvgIpc) is 2.73. The molecule has 0 bridgehead atoms. The minimum Gasteiger partial charge on any atom is -0.444 e. The van der Waals surface area contributed by atoms with Gasteiger partial charge in [0.15, 0.2) is 5.78 Å². The molecule has 1 N–H and O–H groups in total. The number of fused-ring (bicyclic) bond motifs is 1. The van der Waals surface area contributed by atoms with Crippen molar-refractivity contribution in [3.05, 3.63) is 59.7 Å². The van der Waals surface area contributed by atoms with E-state index in [2.05, 4.69) is 29.6 Å². The van der Waals surface area contributed by atoms with E-state index in [0.717, 1.165) is 23.1 Å². The Morgan fingerprint density at radius 1 is 1.08 bits per heavy atom. The molecular weight excluding hydrogens is 326 g/mol. The van der Waals surface area contributed by atoms with Crippen LogP contribution in [0.3, 0.4) is 0 Å². The van der Waals surface area contributed by atoms with Crippen molar-refractivity contribution in [2.75, 3.05) is 0 Å².